The molecule has 0 saturated heterocycles. The summed E-state index contributed by atoms with van der Waals surface area (Å²) < 4.78 is 5.14. The van der Waals surface area contributed by atoms with Gasteiger partial charge in [0, 0.05) is 40.8 Å². The van der Waals surface area contributed by atoms with Crippen LogP contribution in [0.2, 0.25) is 0 Å². The molecule has 2 aliphatic rings. The first-order valence-corrected chi connectivity index (χ1v) is 10.9. The fourth-order valence-corrected chi connectivity index (χ4v) is 4.77. The summed E-state index contributed by atoms with van der Waals surface area (Å²) >= 11 is 0. The third-order valence-electron chi connectivity index (χ3n) is 6.36. The third-order valence-corrected chi connectivity index (χ3v) is 6.36. The highest BCUT2D eigenvalue weighted by Crippen LogP contribution is 2.50. The zero-order valence-electron chi connectivity index (χ0n) is 18.3. The van der Waals surface area contributed by atoms with Crippen molar-refractivity contribution >= 4 is 23.3 Å². The van der Waals surface area contributed by atoms with E-state index in [1.807, 2.05) is 0 Å². The first kappa shape index (κ1) is 22.6. The van der Waals surface area contributed by atoms with Crippen molar-refractivity contribution in [2.45, 2.75) is 24.5 Å². The van der Waals surface area contributed by atoms with Crippen LogP contribution in [0, 0.1) is 0 Å². The molecule has 1 amide bonds. The van der Waals surface area contributed by atoms with E-state index in [2.05, 4.69) is 5.32 Å². The Labute approximate surface area is 199 Å². The SMILES string of the molecule is O=C(Nc1ccccc1)OCC1(O)Cc2c(O)c3c(c(O)c2C(O)C1)C(=O)c1ccccc1C3=O. The minimum atomic E-state index is -1.81. The van der Waals surface area contributed by atoms with Gasteiger partial charge in [0.2, 0.25) is 0 Å². The number of phenolic OH excluding ortho intramolecular Hbond substituents is 2. The van der Waals surface area contributed by atoms with E-state index < -0.39 is 47.5 Å². The van der Waals surface area contributed by atoms with Crippen molar-refractivity contribution in [3.63, 3.8) is 0 Å². The number of hydrogen-bond acceptors (Lipinski definition) is 8. The normalized spacial score (nSPS) is 20.5. The number of carbonyl (C=O) groups is 3. The molecule has 9 nitrogen and oxygen atoms in total. The van der Waals surface area contributed by atoms with Crippen LogP contribution in [0.25, 0.3) is 0 Å². The smallest absolute Gasteiger partial charge is 0.411 e. The molecule has 0 saturated carbocycles. The first-order chi connectivity index (χ1) is 16.7. The minimum absolute atomic E-state index is 0.0761. The lowest BCUT2D eigenvalue weighted by Crippen LogP contribution is -2.43. The predicted molar refractivity (Wildman–Crippen MR) is 123 cm³/mol. The van der Waals surface area contributed by atoms with E-state index in [0.717, 1.165) is 0 Å². The number of benzene rings is 3. The number of fused-ring (bicyclic) bond motifs is 3. The van der Waals surface area contributed by atoms with Crippen molar-refractivity contribution in [2.75, 3.05) is 11.9 Å². The molecule has 2 atom stereocenters. The lowest BCUT2D eigenvalue weighted by molar-refractivity contribution is -0.0613. The van der Waals surface area contributed by atoms with Crippen LogP contribution >= 0.6 is 0 Å². The van der Waals surface area contributed by atoms with Gasteiger partial charge in [-0.15, -0.1) is 0 Å². The molecular formula is C26H21NO8. The van der Waals surface area contributed by atoms with E-state index in [1.54, 1.807) is 42.5 Å². The van der Waals surface area contributed by atoms with Crippen LogP contribution in [0.5, 0.6) is 11.5 Å². The van der Waals surface area contributed by atoms with E-state index >= 15 is 0 Å². The van der Waals surface area contributed by atoms with E-state index in [-0.39, 0.29) is 46.2 Å². The van der Waals surface area contributed by atoms with Crippen molar-refractivity contribution < 1.29 is 39.5 Å². The number of para-hydroxylation sites is 1. The lowest BCUT2D eigenvalue weighted by atomic mass is 9.73. The van der Waals surface area contributed by atoms with Gasteiger partial charge in [-0.3, -0.25) is 14.9 Å². The Morgan fingerprint density at radius 3 is 2.14 bits per heavy atom. The van der Waals surface area contributed by atoms with Crippen LogP contribution < -0.4 is 5.32 Å². The number of rotatable bonds is 3. The number of amides is 1. The van der Waals surface area contributed by atoms with E-state index in [4.69, 9.17) is 4.74 Å². The maximum absolute atomic E-state index is 13.1. The zero-order chi connectivity index (χ0) is 24.9. The van der Waals surface area contributed by atoms with Gasteiger partial charge >= 0.3 is 6.09 Å². The average molecular weight is 475 g/mol. The molecule has 2 aliphatic carbocycles. The summed E-state index contributed by atoms with van der Waals surface area (Å²) in [6, 6.07) is 14.6. The Kier molecular flexibility index (Phi) is 5.31. The zero-order valence-corrected chi connectivity index (χ0v) is 18.3. The molecule has 35 heavy (non-hydrogen) atoms. The summed E-state index contributed by atoms with van der Waals surface area (Å²) in [5.74, 6) is -2.53. The molecule has 0 heterocycles. The molecule has 0 spiro atoms. The molecule has 2 unspecified atom stereocenters. The lowest BCUT2D eigenvalue weighted by Gasteiger charge is -2.37. The van der Waals surface area contributed by atoms with Gasteiger partial charge in [0.25, 0.3) is 0 Å². The fourth-order valence-electron chi connectivity index (χ4n) is 4.77. The molecule has 5 rings (SSSR count). The Morgan fingerprint density at radius 2 is 1.51 bits per heavy atom. The summed E-state index contributed by atoms with van der Waals surface area (Å²) in [6.07, 6.45) is -3.02. The monoisotopic (exact) mass is 475 g/mol. The van der Waals surface area contributed by atoms with Crippen LogP contribution in [0.1, 0.15) is 55.5 Å². The van der Waals surface area contributed by atoms with E-state index in [0.29, 0.717) is 5.69 Å². The molecule has 3 aromatic rings. The molecule has 0 radical (unpaired) electrons. The number of hydrogen-bond donors (Lipinski definition) is 5. The van der Waals surface area contributed by atoms with Crippen molar-refractivity contribution in [3.05, 3.63) is 88.0 Å². The molecule has 0 fully saturated rings. The Balaban J connectivity index is 1.47. The van der Waals surface area contributed by atoms with E-state index in [9.17, 15) is 34.8 Å². The van der Waals surface area contributed by atoms with Crippen LogP contribution in [0.15, 0.2) is 54.6 Å². The number of carbonyl (C=O) groups excluding carboxylic acids is 3. The number of nitrogens with one attached hydrogen (secondary N) is 1. The second-order valence-electron chi connectivity index (χ2n) is 8.73. The van der Waals surface area contributed by atoms with Crippen LogP contribution in [-0.4, -0.2) is 50.3 Å². The van der Waals surface area contributed by atoms with Gasteiger partial charge in [0.15, 0.2) is 11.6 Å². The average Bonchev–Trinajstić information content (AvgIpc) is 2.84. The second kappa shape index (κ2) is 8.23. The van der Waals surface area contributed by atoms with Crippen molar-refractivity contribution in [1.82, 2.24) is 0 Å². The number of aliphatic hydroxyl groups excluding tert-OH is 1. The van der Waals surface area contributed by atoms with Gasteiger partial charge in [-0.05, 0) is 12.1 Å². The number of phenols is 2. The Hall–Kier alpha value is -4.21. The highest BCUT2D eigenvalue weighted by molar-refractivity contribution is 6.30. The number of aliphatic hydroxyl groups is 2. The van der Waals surface area contributed by atoms with Crippen molar-refractivity contribution in [3.8, 4) is 11.5 Å². The fraction of sp³-hybridized carbons (Fsp3) is 0.192. The maximum atomic E-state index is 13.1. The van der Waals surface area contributed by atoms with Gasteiger partial charge in [-0.1, -0.05) is 42.5 Å². The van der Waals surface area contributed by atoms with Gasteiger partial charge < -0.3 is 25.2 Å². The minimum Gasteiger partial charge on any atom is -0.507 e. The van der Waals surface area contributed by atoms with Gasteiger partial charge in [-0.2, -0.15) is 0 Å². The summed E-state index contributed by atoms with van der Waals surface area (Å²) in [4.78, 5) is 38.3. The highest BCUT2D eigenvalue weighted by Gasteiger charge is 2.45. The predicted octanol–water partition coefficient (Wildman–Crippen LogP) is 2.83. The quantitative estimate of drug-likeness (QED) is 0.284. The molecule has 0 aromatic heterocycles. The van der Waals surface area contributed by atoms with Gasteiger partial charge in [-0.25, -0.2) is 4.79 Å². The first-order valence-electron chi connectivity index (χ1n) is 10.9. The van der Waals surface area contributed by atoms with Gasteiger partial charge in [0.1, 0.15) is 23.7 Å². The summed E-state index contributed by atoms with van der Waals surface area (Å²) in [5.41, 5.74) is -2.16. The molecule has 3 aromatic carbocycles. The number of ether oxygens (including phenoxy) is 1. The van der Waals surface area contributed by atoms with Gasteiger partial charge in [0.05, 0.1) is 17.2 Å². The second-order valence-corrected chi connectivity index (χ2v) is 8.73. The summed E-state index contributed by atoms with van der Waals surface area (Å²) in [5, 5.41) is 46.3. The van der Waals surface area contributed by atoms with Crippen LogP contribution in [-0.2, 0) is 11.2 Å². The molecular weight excluding hydrogens is 454 g/mol. The third kappa shape index (κ3) is 3.71. The van der Waals surface area contributed by atoms with Crippen molar-refractivity contribution in [1.29, 1.82) is 0 Å². The molecule has 0 bridgehead atoms. The molecule has 0 aliphatic heterocycles. The topological polar surface area (TPSA) is 153 Å². The maximum Gasteiger partial charge on any atom is 0.411 e. The highest BCUT2D eigenvalue weighted by atomic mass is 16.6. The van der Waals surface area contributed by atoms with E-state index in [1.165, 1.54) is 12.1 Å². The Morgan fingerprint density at radius 1 is 0.943 bits per heavy atom. The standard InChI is InChI=1S/C26H21NO8/c28-17-11-26(34,12-35-25(33)27-13-6-2-1-3-7-13)10-16-18(17)24(32)20-19(23(16)31)21(29)14-8-4-5-9-15(14)22(20)30/h1-9,17,28,31-32,34H,10-12H2,(H,27,33). The van der Waals surface area contributed by atoms with Crippen LogP contribution in [0.4, 0.5) is 10.5 Å². The number of aromatic hydroxyl groups is 2. The molecule has 178 valence electrons. The largest absolute Gasteiger partial charge is 0.507 e. The Bertz CT molecular complexity index is 1380. The number of ketones is 2. The molecule has 9 heteroatoms. The molecule has 5 N–H and O–H groups in total. The number of anilines is 1. The summed E-state index contributed by atoms with van der Waals surface area (Å²) in [6.45, 7) is -0.533. The van der Waals surface area contributed by atoms with Crippen molar-refractivity contribution in [2.24, 2.45) is 0 Å². The van der Waals surface area contributed by atoms with Crippen LogP contribution in [0.3, 0.4) is 0 Å². The summed E-state index contributed by atoms with van der Waals surface area (Å²) in [7, 11) is 0.